The van der Waals surface area contributed by atoms with Crippen LogP contribution in [0.2, 0.25) is 19.6 Å². The number of hydrogen-bond acceptors (Lipinski definition) is 2. The highest BCUT2D eigenvalue weighted by Gasteiger charge is 2.17. The van der Waals surface area contributed by atoms with Crippen molar-refractivity contribution in [3.05, 3.63) is 94.2 Å². The monoisotopic (exact) mass is 413 g/mol. The second-order valence-corrected chi connectivity index (χ2v) is 13.7. The lowest BCUT2D eigenvalue weighted by Crippen LogP contribution is -2.33. The Morgan fingerprint density at radius 1 is 0.793 bits per heavy atom. The lowest BCUT2D eigenvalue weighted by Gasteiger charge is -2.25. The van der Waals surface area contributed by atoms with Gasteiger partial charge in [-0.25, -0.2) is 0 Å². The molecule has 3 aromatic rings. The number of nitrogens with zero attached hydrogens (tertiary/aromatic N) is 1. The van der Waals surface area contributed by atoms with Crippen molar-refractivity contribution in [1.29, 1.82) is 0 Å². The van der Waals surface area contributed by atoms with Crippen LogP contribution in [0.4, 0.5) is 0 Å². The SMILES string of the molecule is C[Si](C)(C)C#C[C@@H](C#Cc1cccs1)N(Cc1ccccc1)Cc1ccccc1. The molecule has 0 aliphatic heterocycles. The summed E-state index contributed by atoms with van der Waals surface area (Å²) in [4.78, 5) is 3.47. The lowest BCUT2D eigenvalue weighted by molar-refractivity contribution is 0.253. The van der Waals surface area contributed by atoms with Crippen LogP contribution in [0.25, 0.3) is 0 Å². The summed E-state index contributed by atoms with van der Waals surface area (Å²) in [5, 5.41) is 2.07. The van der Waals surface area contributed by atoms with Gasteiger partial charge in [-0.2, -0.15) is 0 Å². The van der Waals surface area contributed by atoms with Gasteiger partial charge in [-0.1, -0.05) is 104 Å². The molecule has 2 aromatic carbocycles. The molecule has 3 rings (SSSR count). The standard InChI is InChI=1S/C26H27NSSi/c1-29(2,3)20-18-25(16-17-26-15-10-19-28-26)27(21-23-11-6-4-7-12-23)22-24-13-8-5-9-14-24/h4-15,19,25H,21-22H2,1-3H3/t25-/m1/s1. The van der Waals surface area contributed by atoms with E-state index >= 15 is 0 Å². The summed E-state index contributed by atoms with van der Waals surface area (Å²) < 4.78 is 0. The molecule has 146 valence electrons. The Morgan fingerprint density at radius 2 is 1.38 bits per heavy atom. The zero-order chi connectivity index (χ0) is 20.5. The molecule has 29 heavy (non-hydrogen) atoms. The molecule has 1 heterocycles. The van der Waals surface area contributed by atoms with Gasteiger partial charge in [0, 0.05) is 13.1 Å². The van der Waals surface area contributed by atoms with E-state index in [1.54, 1.807) is 11.3 Å². The van der Waals surface area contributed by atoms with Crippen LogP contribution in [0.3, 0.4) is 0 Å². The maximum Gasteiger partial charge on any atom is 0.134 e. The van der Waals surface area contributed by atoms with Crippen LogP contribution in [0.5, 0.6) is 0 Å². The fourth-order valence-electron chi connectivity index (χ4n) is 2.87. The van der Waals surface area contributed by atoms with Crippen molar-refractivity contribution < 1.29 is 0 Å². The highest BCUT2D eigenvalue weighted by atomic mass is 32.1. The third-order valence-electron chi connectivity index (χ3n) is 4.26. The van der Waals surface area contributed by atoms with E-state index in [1.165, 1.54) is 11.1 Å². The zero-order valence-electron chi connectivity index (χ0n) is 17.4. The van der Waals surface area contributed by atoms with Gasteiger partial charge in [0.15, 0.2) is 0 Å². The first-order valence-electron chi connectivity index (χ1n) is 9.89. The van der Waals surface area contributed by atoms with Crippen LogP contribution < -0.4 is 0 Å². The Morgan fingerprint density at radius 3 is 1.86 bits per heavy atom. The molecule has 0 amide bonds. The van der Waals surface area contributed by atoms with Gasteiger partial charge in [0.2, 0.25) is 0 Å². The van der Waals surface area contributed by atoms with Gasteiger partial charge >= 0.3 is 0 Å². The molecule has 0 saturated carbocycles. The molecule has 0 unspecified atom stereocenters. The van der Waals surface area contributed by atoms with Crippen LogP contribution >= 0.6 is 11.3 Å². The molecule has 0 aliphatic carbocycles. The van der Waals surface area contributed by atoms with Crippen LogP contribution in [-0.4, -0.2) is 19.0 Å². The smallest absolute Gasteiger partial charge is 0.134 e. The maximum absolute atomic E-state index is 3.55. The Balaban J connectivity index is 1.95. The molecule has 0 fully saturated rings. The summed E-state index contributed by atoms with van der Waals surface area (Å²) in [6.45, 7) is 8.48. The second-order valence-electron chi connectivity index (χ2n) is 8.04. The Labute approximate surface area is 180 Å². The molecule has 0 saturated heterocycles. The molecule has 1 nitrogen and oxygen atoms in total. The lowest BCUT2D eigenvalue weighted by atomic mass is 10.1. The van der Waals surface area contributed by atoms with E-state index in [-0.39, 0.29) is 6.04 Å². The highest BCUT2D eigenvalue weighted by Crippen LogP contribution is 2.14. The number of rotatable bonds is 5. The normalized spacial score (nSPS) is 11.9. The number of benzene rings is 2. The summed E-state index contributed by atoms with van der Waals surface area (Å²) in [6, 6.07) is 25.2. The average Bonchev–Trinajstić information content (AvgIpc) is 3.22. The van der Waals surface area contributed by atoms with Crippen molar-refractivity contribution in [3.8, 4) is 23.3 Å². The minimum atomic E-state index is -1.50. The molecular formula is C26H27NSSi. The van der Waals surface area contributed by atoms with Crippen molar-refractivity contribution in [2.24, 2.45) is 0 Å². The van der Waals surface area contributed by atoms with E-state index in [4.69, 9.17) is 0 Å². The van der Waals surface area contributed by atoms with Crippen LogP contribution in [0.1, 0.15) is 16.0 Å². The fraction of sp³-hybridized carbons (Fsp3) is 0.231. The van der Waals surface area contributed by atoms with Gasteiger partial charge in [-0.05, 0) is 22.6 Å². The van der Waals surface area contributed by atoms with E-state index in [0.29, 0.717) is 0 Å². The van der Waals surface area contributed by atoms with E-state index in [0.717, 1.165) is 18.0 Å². The summed E-state index contributed by atoms with van der Waals surface area (Å²) in [6.07, 6.45) is 0. The predicted molar refractivity (Wildman–Crippen MR) is 128 cm³/mol. The second kappa shape index (κ2) is 10.3. The van der Waals surface area contributed by atoms with Crippen molar-refractivity contribution >= 4 is 19.4 Å². The molecule has 0 N–H and O–H groups in total. The van der Waals surface area contributed by atoms with Crippen molar-refractivity contribution in [2.75, 3.05) is 0 Å². The van der Waals surface area contributed by atoms with E-state index < -0.39 is 8.07 Å². The first-order valence-corrected chi connectivity index (χ1v) is 14.3. The summed E-state index contributed by atoms with van der Waals surface area (Å²) in [7, 11) is -1.50. The Hall–Kier alpha value is -2.56. The quantitative estimate of drug-likeness (QED) is 0.363. The van der Waals surface area contributed by atoms with Crippen molar-refractivity contribution in [3.63, 3.8) is 0 Å². The minimum Gasteiger partial charge on any atom is -0.271 e. The van der Waals surface area contributed by atoms with Crippen molar-refractivity contribution in [1.82, 2.24) is 4.90 Å². The number of thiophene rings is 1. The molecule has 1 aromatic heterocycles. The van der Waals surface area contributed by atoms with Crippen LogP contribution in [0, 0.1) is 23.3 Å². The van der Waals surface area contributed by atoms with Gasteiger partial charge in [-0.15, -0.1) is 16.9 Å². The first kappa shape index (κ1) is 21.2. The molecule has 1 atom stereocenters. The topological polar surface area (TPSA) is 3.24 Å². The van der Waals surface area contributed by atoms with Crippen molar-refractivity contribution in [2.45, 2.75) is 38.8 Å². The van der Waals surface area contributed by atoms with Crippen LogP contribution in [-0.2, 0) is 13.1 Å². The summed E-state index contributed by atoms with van der Waals surface area (Å²) in [5.41, 5.74) is 6.11. The molecular weight excluding hydrogens is 386 g/mol. The summed E-state index contributed by atoms with van der Waals surface area (Å²) in [5.74, 6) is 10.4. The Bertz CT molecular complexity index is 956. The maximum atomic E-state index is 3.55. The third kappa shape index (κ3) is 7.41. The van der Waals surface area contributed by atoms with Gasteiger partial charge in [-0.3, -0.25) is 4.90 Å². The largest absolute Gasteiger partial charge is 0.271 e. The van der Waals surface area contributed by atoms with Gasteiger partial charge in [0.05, 0.1) is 4.88 Å². The number of hydrogen-bond donors (Lipinski definition) is 0. The Kier molecular flexibility index (Phi) is 7.50. The zero-order valence-corrected chi connectivity index (χ0v) is 19.2. The third-order valence-corrected chi connectivity index (χ3v) is 5.94. The predicted octanol–water partition coefficient (Wildman–Crippen LogP) is 6.05. The van der Waals surface area contributed by atoms with E-state index in [1.807, 2.05) is 6.07 Å². The van der Waals surface area contributed by atoms with Crippen LogP contribution in [0.15, 0.2) is 78.2 Å². The van der Waals surface area contributed by atoms with E-state index in [2.05, 4.69) is 120 Å². The van der Waals surface area contributed by atoms with Gasteiger partial charge < -0.3 is 0 Å². The fourth-order valence-corrected chi connectivity index (χ4v) is 4.02. The summed E-state index contributed by atoms with van der Waals surface area (Å²) >= 11 is 1.68. The first-order chi connectivity index (χ1) is 14.0. The van der Waals surface area contributed by atoms with Gasteiger partial charge in [0.1, 0.15) is 14.1 Å². The molecule has 3 heteroatoms. The molecule has 0 spiro atoms. The van der Waals surface area contributed by atoms with Gasteiger partial charge in [0.25, 0.3) is 0 Å². The van der Waals surface area contributed by atoms with E-state index in [9.17, 15) is 0 Å². The minimum absolute atomic E-state index is 0.107. The molecule has 0 radical (unpaired) electrons. The molecule has 0 aliphatic rings. The molecule has 0 bridgehead atoms. The average molecular weight is 414 g/mol. The highest BCUT2D eigenvalue weighted by molar-refractivity contribution is 7.10.